The van der Waals surface area contributed by atoms with Crippen molar-refractivity contribution in [2.24, 2.45) is 0 Å². The van der Waals surface area contributed by atoms with Crippen LogP contribution in [0.25, 0.3) is 22.3 Å². The van der Waals surface area contributed by atoms with Crippen LogP contribution in [0.15, 0.2) is 100 Å². The molecule has 0 saturated heterocycles. The first kappa shape index (κ1) is 23.8. The number of benzene rings is 4. The topological polar surface area (TPSA) is 98.4 Å². The van der Waals surface area contributed by atoms with Gasteiger partial charge in [0.1, 0.15) is 35.7 Å². The molecule has 0 atom stereocenters. The molecular formula is C30H24O7. The minimum Gasteiger partial charge on any atom is -0.508 e. The van der Waals surface area contributed by atoms with E-state index in [1.54, 1.807) is 18.2 Å². The average Bonchev–Trinajstić information content (AvgIpc) is 2.91. The van der Waals surface area contributed by atoms with Crippen molar-refractivity contribution in [1.29, 1.82) is 0 Å². The first-order valence-electron chi connectivity index (χ1n) is 11.6. The summed E-state index contributed by atoms with van der Waals surface area (Å²) in [4.78, 5) is 13.1. The first-order chi connectivity index (χ1) is 18.0. The highest BCUT2D eigenvalue weighted by atomic mass is 16.5. The van der Waals surface area contributed by atoms with Gasteiger partial charge in [-0.3, -0.25) is 4.79 Å². The third-order valence-corrected chi connectivity index (χ3v) is 5.80. The number of aromatic hydroxyl groups is 2. The van der Waals surface area contributed by atoms with E-state index in [2.05, 4.69) is 0 Å². The van der Waals surface area contributed by atoms with Crippen molar-refractivity contribution < 1.29 is 28.8 Å². The predicted octanol–water partition coefficient (Wildman–Crippen LogP) is 6.04. The van der Waals surface area contributed by atoms with Gasteiger partial charge in [0.05, 0.1) is 7.11 Å². The van der Waals surface area contributed by atoms with Gasteiger partial charge in [-0.25, -0.2) is 0 Å². The average molecular weight is 497 g/mol. The second kappa shape index (κ2) is 10.4. The molecule has 7 nitrogen and oxygen atoms in total. The molecule has 5 rings (SSSR count). The van der Waals surface area contributed by atoms with Gasteiger partial charge in [0.2, 0.25) is 11.2 Å². The van der Waals surface area contributed by atoms with Gasteiger partial charge >= 0.3 is 0 Å². The third kappa shape index (κ3) is 5.06. The van der Waals surface area contributed by atoms with Gasteiger partial charge in [-0.1, -0.05) is 60.7 Å². The Morgan fingerprint density at radius 2 is 1.38 bits per heavy atom. The number of fused-ring (bicyclic) bond motifs is 1. The molecule has 37 heavy (non-hydrogen) atoms. The van der Waals surface area contributed by atoms with Gasteiger partial charge in [0.25, 0.3) is 0 Å². The Balaban J connectivity index is 1.57. The predicted molar refractivity (Wildman–Crippen MR) is 139 cm³/mol. The van der Waals surface area contributed by atoms with Gasteiger partial charge in [0, 0.05) is 17.7 Å². The van der Waals surface area contributed by atoms with E-state index in [4.69, 9.17) is 18.6 Å². The molecule has 0 fully saturated rings. The quantitative estimate of drug-likeness (QED) is 0.270. The van der Waals surface area contributed by atoms with E-state index >= 15 is 0 Å². The minimum absolute atomic E-state index is 0.0226. The fourth-order valence-electron chi connectivity index (χ4n) is 4.00. The van der Waals surface area contributed by atoms with Crippen LogP contribution in [0.2, 0.25) is 0 Å². The zero-order chi connectivity index (χ0) is 25.8. The molecule has 1 aromatic heterocycles. The van der Waals surface area contributed by atoms with Crippen LogP contribution in [-0.4, -0.2) is 17.3 Å². The third-order valence-electron chi connectivity index (χ3n) is 5.80. The molecular weight excluding hydrogens is 472 g/mol. The Morgan fingerprint density at radius 3 is 2.00 bits per heavy atom. The van der Waals surface area contributed by atoms with Crippen LogP contribution in [0.1, 0.15) is 11.1 Å². The number of rotatable bonds is 8. The molecule has 0 aliphatic rings. The summed E-state index contributed by atoms with van der Waals surface area (Å²) in [6.45, 7) is 0.640. The normalized spacial score (nSPS) is 10.8. The van der Waals surface area contributed by atoms with Gasteiger partial charge in [-0.15, -0.1) is 0 Å². The Bertz CT molecular complexity index is 1590. The maximum atomic E-state index is 13.1. The molecule has 186 valence electrons. The monoisotopic (exact) mass is 496 g/mol. The molecule has 1 heterocycles. The molecule has 0 amide bonds. The summed E-state index contributed by atoms with van der Waals surface area (Å²) in [5.74, 6) is 0.373. The van der Waals surface area contributed by atoms with E-state index in [-0.39, 0.29) is 28.2 Å². The summed E-state index contributed by atoms with van der Waals surface area (Å²) in [6, 6.07) is 27.0. The smallest absolute Gasteiger partial charge is 0.239 e. The summed E-state index contributed by atoms with van der Waals surface area (Å²) in [7, 11) is 1.35. The van der Waals surface area contributed by atoms with Crippen LogP contribution in [0.3, 0.4) is 0 Å². The van der Waals surface area contributed by atoms with E-state index in [1.165, 1.54) is 13.2 Å². The lowest BCUT2D eigenvalue weighted by Gasteiger charge is -2.15. The second-order valence-electron chi connectivity index (χ2n) is 8.34. The zero-order valence-corrected chi connectivity index (χ0v) is 20.0. The zero-order valence-electron chi connectivity index (χ0n) is 20.0. The van der Waals surface area contributed by atoms with Crippen molar-refractivity contribution in [3.63, 3.8) is 0 Å². The SMILES string of the molecule is COc1c(-c2ccc(OCc3ccccc3)c(OCc3ccccc3)c2)oc2cc(O)cc(O)c2c1=O. The number of phenolic OH excluding ortho intramolecular Hbond substituents is 2. The Kier molecular flexibility index (Phi) is 6.68. The molecule has 0 unspecified atom stereocenters. The fraction of sp³-hybridized carbons (Fsp3) is 0.100. The lowest BCUT2D eigenvalue weighted by atomic mass is 10.1. The summed E-state index contributed by atoms with van der Waals surface area (Å²) < 4.78 is 23.5. The second-order valence-corrected chi connectivity index (χ2v) is 8.34. The minimum atomic E-state index is -0.563. The van der Waals surface area contributed by atoms with Crippen molar-refractivity contribution in [3.8, 4) is 40.1 Å². The number of phenols is 2. The van der Waals surface area contributed by atoms with Crippen LogP contribution in [-0.2, 0) is 13.2 Å². The van der Waals surface area contributed by atoms with Gasteiger partial charge in [-0.2, -0.15) is 0 Å². The maximum Gasteiger partial charge on any atom is 0.239 e. The molecule has 4 aromatic carbocycles. The van der Waals surface area contributed by atoms with Gasteiger partial charge in [0.15, 0.2) is 17.3 Å². The van der Waals surface area contributed by atoms with Crippen molar-refractivity contribution in [2.45, 2.75) is 13.2 Å². The molecule has 0 aliphatic carbocycles. The van der Waals surface area contributed by atoms with Crippen LogP contribution < -0.4 is 19.6 Å². The summed E-state index contributed by atoms with van der Waals surface area (Å²) >= 11 is 0. The lowest BCUT2D eigenvalue weighted by Crippen LogP contribution is -2.08. The molecule has 0 spiro atoms. The van der Waals surface area contributed by atoms with E-state index in [1.807, 2.05) is 60.7 Å². The van der Waals surface area contributed by atoms with Crippen LogP contribution >= 0.6 is 0 Å². The first-order valence-corrected chi connectivity index (χ1v) is 11.6. The highest BCUT2D eigenvalue weighted by Gasteiger charge is 2.21. The molecule has 0 aliphatic heterocycles. The highest BCUT2D eigenvalue weighted by molar-refractivity contribution is 5.88. The summed E-state index contributed by atoms with van der Waals surface area (Å²) in [6.07, 6.45) is 0. The van der Waals surface area contributed by atoms with Gasteiger partial charge < -0.3 is 28.8 Å². The molecule has 5 aromatic rings. The fourth-order valence-corrected chi connectivity index (χ4v) is 4.00. The molecule has 0 radical (unpaired) electrons. The maximum absolute atomic E-state index is 13.1. The number of hydrogen-bond donors (Lipinski definition) is 2. The standard InChI is InChI=1S/C30H24O7/c1-34-30-28(33)27-23(32)15-22(31)16-26(27)37-29(30)21-12-13-24(35-17-19-8-4-2-5-9-19)25(14-21)36-18-20-10-6-3-7-11-20/h2-16,31-32H,17-18H2,1H3. The van der Waals surface area contributed by atoms with E-state index in [0.717, 1.165) is 17.2 Å². The van der Waals surface area contributed by atoms with Gasteiger partial charge in [-0.05, 0) is 29.3 Å². The Labute approximate surface area is 212 Å². The molecule has 0 saturated carbocycles. The van der Waals surface area contributed by atoms with Crippen molar-refractivity contribution in [2.75, 3.05) is 7.11 Å². The largest absolute Gasteiger partial charge is 0.508 e. The molecule has 0 bridgehead atoms. The molecule has 2 N–H and O–H groups in total. The van der Waals surface area contributed by atoms with Crippen molar-refractivity contribution in [1.82, 2.24) is 0 Å². The number of methoxy groups -OCH3 is 1. The Hall–Kier alpha value is -4.91. The molecule has 7 heteroatoms. The van der Waals surface area contributed by atoms with Crippen molar-refractivity contribution >= 4 is 11.0 Å². The lowest BCUT2D eigenvalue weighted by molar-refractivity contribution is 0.256. The summed E-state index contributed by atoms with van der Waals surface area (Å²) in [5.41, 5.74) is 1.93. The van der Waals surface area contributed by atoms with Crippen LogP contribution in [0.4, 0.5) is 0 Å². The van der Waals surface area contributed by atoms with Crippen LogP contribution in [0, 0.1) is 0 Å². The number of ether oxygens (including phenoxy) is 3. The van der Waals surface area contributed by atoms with Crippen molar-refractivity contribution in [3.05, 3.63) is 112 Å². The van der Waals surface area contributed by atoms with E-state index in [0.29, 0.717) is 30.3 Å². The Morgan fingerprint density at radius 1 is 0.757 bits per heavy atom. The highest BCUT2D eigenvalue weighted by Crippen LogP contribution is 2.39. The van der Waals surface area contributed by atoms with E-state index in [9.17, 15) is 15.0 Å². The summed E-state index contributed by atoms with van der Waals surface area (Å²) in [5, 5.41) is 20.0. The van der Waals surface area contributed by atoms with Crippen LogP contribution in [0.5, 0.6) is 28.7 Å². The van der Waals surface area contributed by atoms with E-state index < -0.39 is 11.2 Å². The number of hydrogen-bond acceptors (Lipinski definition) is 7.